The standard InChI is InChI=1S/C24H22ClFN2O3/c1-2-30-23-13-19(7-12-22(23)31-16-18-3-8-20(25)9-4-18)15-27-28-24(29)14-17-5-10-21(26)11-6-17/h3-13,15H,2,14,16H2,1H3,(H,28,29)/b27-15+. The maximum atomic E-state index is 12.9. The van der Waals surface area contributed by atoms with Crippen molar-refractivity contribution in [3.8, 4) is 11.5 Å². The van der Waals surface area contributed by atoms with Crippen molar-refractivity contribution in [3.05, 3.63) is 94.3 Å². The molecule has 0 spiro atoms. The van der Waals surface area contributed by atoms with Crippen molar-refractivity contribution in [1.29, 1.82) is 0 Å². The van der Waals surface area contributed by atoms with E-state index in [2.05, 4.69) is 10.5 Å². The van der Waals surface area contributed by atoms with Gasteiger partial charge >= 0.3 is 0 Å². The van der Waals surface area contributed by atoms with Gasteiger partial charge in [-0.2, -0.15) is 5.10 Å². The summed E-state index contributed by atoms with van der Waals surface area (Å²) in [6.45, 7) is 2.75. The fourth-order valence-corrected chi connectivity index (χ4v) is 2.87. The summed E-state index contributed by atoms with van der Waals surface area (Å²) in [7, 11) is 0. The van der Waals surface area contributed by atoms with Gasteiger partial charge in [0.05, 0.1) is 19.2 Å². The van der Waals surface area contributed by atoms with E-state index < -0.39 is 0 Å². The molecule has 0 fully saturated rings. The van der Waals surface area contributed by atoms with Crippen molar-refractivity contribution in [2.24, 2.45) is 5.10 Å². The zero-order valence-corrected chi connectivity index (χ0v) is 17.7. The maximum absolute atomic E-state index is 12.9. The predicted octanol–water partition coefficient (Wildman–Crippen LogP) is 5.15. The Kier molecular flexibility index (Phi) is 8.01. The highest BCUT2D eigenvalue weighted by molar-refractivity contribution is 6.30. The van der Waals surface area contributed by atoms with Crippen LogP contribution in [0.3, 0.4) is 0 Å². The van der Waals surface area contributed by atoms with E-state index in [1.54, 1.807) is 24.3 Å². The van der Waals surface area contributed by atoms with Gasteiger partial charge in [-0.1, -0.05) is 35.9 Å². The molecule has 0 bridgehead atoms. The molecule has 3 aromatic carbocycles. The van der Waals surface area contributed by atoms with E-state index in [9.17, 15) is 9.18 Å². The lowest BCUT2D eigenvalue weighted by molar-refractivity contribution is -0.120. The van der Waals surface area contributed by atoms with Crippen LogP contribution in [0.15, 0.2) is 71.8 Å². The summed E-state index contributed by atoms with van der Waals surface area (Å²) < 4.78 is 24.5. The molecule has 31 heavy (non-hydrogen) atoms. The van der Waals surface area contributed by atoms with Crippen LogP contribution in [-0.4, -0.2) is 18.7 Å². The lowest BCUT2D eigenvalue weighted by Crippen LogP contribution is -2.19. The summed E-state index contributed by atoms with van der Waals surface area (Å²) in [5, 5.41) is 4.65. The van der Waals surface area contributed by atoms with Crippen LogP contribution in [0.2, 0.25) is 5.02 Å². The first kappa shape index (κ1) is 22.3. The number of halogens is 2. The third-order valence-corrected chi connectivity index (χ3v) is 4.51. The van der Waals surface area contributed by atoms with Crippen molar-refractivity contribution >= 4 is 23.7 Å². The fraction of sp³-hybridized carbons (Fsp3) is 0.167. The van der Waals surface area contributed by atoms with Crippen LogP contribution in [0.5, 0.6) is 11.5 Å². The number of nitrogens with zero attached hydrogens (tertiary/aromatic N) is 1. The maximum Gasteiger partial charge on any atom is 0.244 e. The second kappa shape index (κ2) is 11.1. The zero-order chi connectivity index (χ0) is 22.1. The number of carbonyl (C=O) groups excluding carboxylic acids is 1. The Morgan fingerprint density at radius 3 is 2.42 bits per heavy atom. The van der Waals surface area contributed by atoms with Crippen LogP contribution >= 0.6 is 11.6 Å². The molecule has 0 aromatic heterocycles. The topological polar surface area (TPSA) is 59.9 Å². The van der Waals surface area contributed by atoms with Crippen LogP contribution in [0.25, 0.3) is 0 Å². The lowest BCUT2D eigenvalue weighted by Gasteiger charge is -2.12. The highest BCUT2D eigenvalue weighted by atomic mass is 35.5. The second-order valence-corrected chi connectivity index (χ2v) is 7.09. The van der Waals surface area contributed by atoms with E-state index >= 15 is 0 Å². The van der Waals surface area contributed by atoms with Crippen LogP contribution in [0, 0.1) is 5.82 Å². The van der Waals surface area contributed by atoms with Gasteiger partial charge in [0.25, 0.3) is 0 Å². The van der Waals surface area contributed by atoms with E-state index in [1.807, 2.05) is 37.3 Å². The lowest BCUT2D eigenvalue weighted by atomic mass is 10.1. The number of rotatable bonds is 9. The number of ether oxygens (including phenoxy) is 2. The molecule has 0 aliphatic heterocycles. The first-order chi connectivity index (χ1) is 15.0. The molecule has 0 aliphatic rings. The highest BCUT2D eigenvalue weighted by Crippen LogP contribution is 2.29. The van der Waals surface area contributed by atoms with Crippen molar-refractivity contribution in [3.63, 3.8) is 0 Å². The monoisotopic (exact) mass is 440 g/mol. The average Bonchev–Trinajstić information content (AvgIpc) is 2.76. The van der Waals surface area contributed by atoms with E-state index in [0.29, 0.717) is 35.3 Å². The molecule has 7 heteroatoms. The number of hydrazone groups is 1. The Bertz CT molecular complexity index is 1040. The first-order valence-corrected chi connectivity index (χ1v) is 10.1. The van der Waals surface area contributed by atoms with Gasteiger partial charge in [-0.25, -0.2) is 9.82 Å². The molecule has 1 N–H and O–H groups in total. The van der Waals surface area contributed by atoms with Crippen LogP contribution < -0.4 is 14.9 Å². The van der Waals surface area contributed by atoms with E-state index in [1.165, 1.54) is 18.3 Å². The number of hydrogen-bond acceptors (Lipinski definition) is 4. The summed E-state index contributed by atoms with van der Waals surface area (Å²) >= 11 is 5.91. The average molecular weight is 441 g/mol. The van der Waals surface area contributed by atoms with Crippen molar-refractivity contribution < 1.29 is 18.7 Å². The SMILES string of the molecule is CCOc1cc(/C=N/NC(=O)Cc2ccc(F)cc2)ccc1OCc1ccc(Cl)cc1. The van der Waals surface area contributed by atoms with Crippen LogP contribution in [-0.2, 0) is 17.8 Å². The minimum atomic E-state index is -0.340. The van der Waals surface area contributed by atoms with E-state index in [-0.39, 0.29) is 18.1 Å². The zero-order valence-electron chi connectivity index (χ0n) is 17.0. The Balaban J connectivity index is 1.59. The van der Waals surface area contributed by atoms with Gasteiger partial charge in [0.2, 0.25) is 5.91 Å². The number of amides is 1. The first-order valence-electron chi connectivity index (χ1n) is 9.74. The molecule has 3 aromatic rings. The Labute approximate surface area is 185 Å². The molecular weight excluding hydrogens is 419 g/mol. The molecule has 160 valence electrons. The summed E-state index contributed by atoms with van der Waals surface area (Å²) in [4.78, 5) is 12.0. The summed E-state index contributed by atoms with van der Waals surface area (Å²) in [6.07, 6.45) is 1.63. The van der Waals surface area contributed by atoms with Gasteiger partial charge in [0.15, 0.2) is 11.5 Å². The molecule has 5 nitrogen and oxygen atoms in total. The quantitative estimate of drug-likeness (QED) is 0.370. The molecular formula is C24H22ClFN2O3. The molecule has 0 unspecified atom stereocenters. The van der Waals surface area contributed by atoms with E-state index in [4.69, 9.17) is 21.1 Å². The predicted molar refractivity (Wildman–Crippen MR) is 119 cm³/mol. The second-order valence-electron chi connectivity index (χ2n) is 6.65. The summed E-state index contributed by atoms with van der Waals surface area (Å²) in [5.74, 6) is 0.552. The van der Waals surface area contributed by atoms with Gasteiger partial charge < -0.3 is 9.47 Å². The molecule has 1 amide bonds. The third-order valence-electron chi connectivity index (χ3n) is 4.26. The van der Waals surface area contributed by atoms with Gasteiger partial charge in [-0.15, -0.1) is 0 Å². The largest absolute Gasteiger partial charge is 0.490 e. The number of nitrogens with one attached hydrogen (secondary N) is 1. The Hall–Kier alpha value is -3.38. The number of benzene rings is 3. The normalized spacial score (nSPS) is 10.8. The summed E-state index contributed by atoms with van der Waals surface area (Å²) in [6, 6.07) is 18.6. The van der Waals surface area contributed by atoms with Gasteiger partial charge in [0.1, 0.15) is 12.4 Å². The molecule has 0 saturated heterocycles. The van der Waals surface area contributed by atoms with E-state index in [0.717, 1.165) is 11.1 Å². The van der Waals surface area contributed by atoms with Crippen molar-refractivity contribution in [1.82, 2.24) is 5.43 Å². The Morgan fingerprint density at radius 1 is 1.00 bits per heavy atom. The fourth-order valence-electron chi connectivity index (χ4n) is 2.74. The minimum Gasteiger partial charge on any atom is -0.490 e. The van der Waals surface area contributed by atoms with Crippen LogP contribution in [0.1, 0.15) is 23.6 Å². The smallest absolute Gasteiger partial charge is 0.244 e. The van der Waals surface area contributed by atoms with Gasteiger partial charge in [-0.05, 0) is 66.1 Å². The molecule has 0 atom stereocenters. The minimum absolute atomic E-state index is 0.110. The highest BCUT2D eigenvalue weighted by Gasteiger charge is 2.07. The molecule has 0 saturated carbocycles. The number of carbonyl (C=O) groups is 1. The molecule has 0 aliphatic carbocycles. The molecule has 0 heterocycles. The van der Waals surface area contributed by atoms with Crippen molar-refractivity contribution in [2.75, 3.05) is 6.61 Å². The third kappa shape index (κ3) is 7.12. The molecule has 0 radical (unpaired) electrons. The van der Waals surface area contributed by atoms with Gasteiger partial charge in [-0.3, -0.25) is 4.79 Å². The number of hydrogen-bond donors (Lipinski definition) is 1. The summed E-state index contributed by atoms with van der Waals surface area (Å²) in [5.41, 5.74) is 4.90. The van der Waals surface area contributed by atoms with Gasteiger partial charge in [0, 0.05) is 5.02 Å². The molecule has 3 rings (SSSR count). The van der Waals surface area contributed by atoms with Crippen LogP contribution in [0.4, 0.5) is 4.39 Å². The van der Waals surface area contributed by atoms with Crippen molar-refractivity contribution in [2.45, 2.75) is 20.0 Å². The Morgan fingerprint density at radius 2 is 1.71 bits per heavy atom.